The first-order valence-corrected chi connectivity index (χ1v) is 10.2. The number of fused-ring (bicyclic) bond motifs is 1. The number of hydrogen-bond donors (Lipinski definition) is 0. The van der Waals surface area contributed by atoms with Crippen LogP contribution in [0.25, 0.3) is 22.6 Å². The van der Waals surface area contributed by atoms with Crippen molar-refractivity contribution in [3.05, 3.63) is 71.2 Å². The number of halogens is 2. The van der Waals surface area contributed by atoms with Crippen molar-refractivity contribution in [3.63, 3.8) is 0 Å². The Morgan fingerprint density at radius 2 is 1.69 bits per heavy atom. The van der Waals surface area contributed by atoms with Crippen molar-refractivity contribution in [2.24, 2.45) is 0 Å². The summed E-state index contributed by atoms with van der Waals surface area (Å²) in [5.74, 6) is 3.33. The van der Waals surface area contributed by atoms with Crippen LogP contribution in [0.15, 0.2) is 65.1 Å². The van der Waals surface area contributed by atoms with Crippen LogP contribution in [0.3, 0.4) is 0 Å². The maximum absolute atomic E-state index is 6.00. The number of aryl methyl sites for hydroxylation is 1. The molecule has 0 aliphatic heterocycles. The summed E-state index contributed by atoms with van der Waals surface area (Å²) >= 11 is 11.6. The Bertz CT molecular complexity index is 1120. The molecule has 0 saturated carbocycles. The van der Waals surface area contributed by atoms with Crippen LogP contribution in [0.2, 0.25) is 5.02 Å². The van der Waals surface area contributed by atoms with E-state index in [0.29, 0.717) is 40.5 Å². The zero-order valence-corrected chi connectivity index (χ0v) is 17.3. The predicted octanol–water partition coefficient (Wildman–Crippen LogP) is 7.26. The highest BCUT2D eigenvalue weighted by Crippen LogP contribution is 2.32. The van der Waals surface area contributed by atoms with E-state index in [-0.39, 0.29) is 0 Å². The second kappa shape index (κ2) is 8.76. The number of benzene rings is 3. The Balaban J connectivity index is 1.56. The molecule has 29 heavy (non-hydrogen) atoms. The molecule has 6 heteroatoms. The predicted molar refractivity (Wildman–Crippen MR) is 117 cm³/mol. The van der Waals surface area contributed by atoms with Gasteiger partial charge < -0.3 is 13.9 Å². The molecular weight excluding hydrogens is 409 g/mol. The number of alkyl halides is 1. The minimum absolute atomic E-state index is 0.563. The largest absolute Gasteiger partial charge is 0.494 e. The Hall–Kier alpha value is -2.69. The molecule has 4 aromatic rings. The van der Waals surface area contributed by atoms with E-state index in [2.05, 4.69) is 4.98 Å². The summed E-state index contributed by atoms with van der Waals surface area (Å²) < 4.78 is 17.6. The van der Waals surface area contributed by atoms with Crippen LogP contribution in [0, 0.1) is 6.92 Å². The molecule has 148 valence electrons. The first kappa shape index (κ1) is 19.6. The van der Waals surface area contributed by atoms with Gasteiger partial charge in [-0.05, 0) is 73.5 Å². The number of nitrogens with zero attached hydrogens (tertiary/aromatic N) is 1. The van der Waals surface area contributed by atoms with Crippen molar-refractivity contribution in [1.82, 2.24) is 4.98 Å². The van der Waals surface area contributed by atoms with Crippen molar-refractivity contribution in [3.8, 4) is 28.7 Å². The minimum Gasteiger partial charge on any atom is -0.494 e. The molecule has 0 fully saturated rings. The summed E-state index contributed by atoms with van der Waals surface area (Å²) in [6, 6.07) is 18.6. The van der Waals surface area contributed by atoms with Crippen LogP contribution in [-0.4, -0.2) is 17.5 Å². The average Bonchev–Trinajstić information content (AvgIpc) is 3.13. The molecule has 0 aliphatic rings. The van der Waals surface area contributed by atoms with Gasteiger partial charge in [0.2, 0.25) is 5.89 Å². The van der Waals surface area contributed by atoms with Gasteiger partial charge in [0, 0.05) is 22.5 Å². The molecule has 0 spiro atoms. The topological polar surface area (TPSA) is 44.5 Å². The summed E-state index contributed by atoms with van der Waals surface area (Å²) in [5.41, 5.74) is 3.38. The Labute approximate surface area is 179 Å². The standard InChI is InChI=1S/C23H19Cl2NO3/c1-15-13-18(27-12-2-11-24)7-9-20(15)23-26-21-10-8-19(14-22(21)29-23)28-17-5-3-16(25)4-6-17/h3-10,13-14H,2,11-12H2,1H3. The molecule has 0 bridgehead atoms. The van der Waals surface area contributed by atoms with Gasteiger partial charge in [0.15, 0.2) is 5.58 Å². The Morgan fingerprint density at radius 3 is 2.45 bits per heavy atom. The fourth-order valence-electron chi connectivity index (χ4n) is 2.93. The summed E-state index contributed by atoms with van der Waals surface area (Å²) in [6.45, 7) is 2.61. The average molecular weight is 428 g/mol. The highest BCUT2D eigenvalue weighted by molar-refractivity contribution is 6.30. The Kier molecular flexibility index (Phi) is 5.93. The highest BCUT2D eigenvalue weighted by Gasteiger charge is 2.12. The van der Waals surface area contributed by atoms with E-state index in [1.54, 1.807) is 12.1 Å². The van der Waals surface area contributed by atoms with Crippen LogP contribution in [0.5, 0.6) is 17.2 Å². The van der Waals surface area contributed by atoms with Crippen molar-refractivity contribution in [2.75, 3.05) is 12.5 Å². The fourth-order valence-corrected chi connectivity index (χ4v) is 3.17. The third kappa shape index (κ3) is 4.66. The fraction of sp³-hybridized carbons (Fsp3) is 0.174. The maximum Gasteiger partial charge on any atom is 0.227 e. The third-order valence-corrected chi connectivity index (χ3v) is 4.90. The minimum atomic E-state index is 0.563. The number of oxazole rings is 1. The van der Waals surface area contributed by atoms with Crippen LogP contribution < -0.4 is 9.47 Å². The van der Waals surface area contributed by atoms with E-state index in [0.717, 1.165) is 28.8 Å². The van der Waals surface area contributed by atoms with Gasteiger partial charge in [-0.3, -0.25) is 0 Å². The van der Waals surface area contributed by atoms with E-state index in [1.807, 2.05) is 55.5 Å². The number of aromatic nitrogens is 1. The van der Waals surface area contributed by atoms with Gasteiger partial charge in [-0.2, -0.15) is 0 Å². The maximum atomic E-state index is 6.00. The Morgan fingerprint density at radius 1 is 0.931 bits per heavy atom. The zero-order valence-electron chi connectivity index (χ0n) is 15.8. The van der Waals surface area contributed by atoms with Gasteiger partial charge in [-0.25, -0.2) is 4.98 Å². The van der Waals surface area contributed by atoms with E-state index in [1.165, 1.54) is 0 Å². The smallest absolute Gasteiger partial charge is 0.227 e. The molecule has 0 amide bonds. The molecule has 0 N–H and O–H groups in total. The lowest BCUT2D eigenvalue weighted by atomic mass is 10.1. The molecule has 4 rings (SSSR count). The highest BCUT2D eigenvalue weighted by atomic mass is 35.5. The number of rotatable bonds is 7. The van der Waals surface area contributed by atoms with Crippen LogP contribution in [0.1, 0.15) is 12.0 Å². The van der Waals surface area contributed by atoms with Gasteiger partial charge in [-0.15, -0.1) is 11.6 Å². The van der Waals surface area contributed by atoms with E-state index >= 15 is 0 Å². The van der Waals surface area contributed by atoms with Crippen molar-refractivity contribution >= 4 is 34.3 Å². The van der Waals surface area contributed by atoms with Gasteiger partial charge in [-0.1, -0.05) is 11.6 Å². The van der Waals surface area contributed by atoms with E-state index in [9.17, 15) is 0 Å². The quantitative estimate of drug-likeness (QED) is 0.230. The van der Waals surface area contributed by atoms with Crippen LogP contribution >= 0.6 is 23.2 Å². The number of hydrogen-bond acceptors (Lipinski definition) is 4. The zero-order chi connectivity index (χ0) is 20.2. The molecule has 3 aromatic carbocycles. The monoisotopic (exact) mass is 427 g/mol. The summed E-state index contributed by atoms with van der Waals surface area (Å²) in [5, 5.41) is 0.665. The summed E-state index contributed by atoms with van der Waals surface area (Å²) in [4.78, 5) is 4.61. The van der Waals surface area contributed by atoms with Gasteiger partial charge in [0.1, 0.15) is 22.8 Å². The second-order valence-electron chi connectivity index (χ2n) is 6.57. The summed E-state index contributed by atoms with van der Waals surface area (Å²) in [6.07, 6.45) is 0.813. The SMILES string of the molecule is Cc1cc(OCCCCl)ccc1-c1nc2ccc(Oc3ccc(Cl)cc3)cc2o1. The second-order valence-corrected chi connectivity index (χ2v) is 7.39. The molecule has 4 nitrogen and oxygen atoms in total. The lowest BCUT2D eigenvalue weighted by Gasteiger charge is -2.07. The van der Waals surface area contributed by atoms with Crippen molar-refractivity contribution < 1.29 is 13.9 Å². The molecule has 0 aliphatic carbocycles. The van der Waals surface area contributed by atoms with Gasteiger partial charge >= 0.3 is 0 Å². The molecule has 1 heterocycles. The first-order chi connectivity index (χ1) is 14.1. The molecular formula is C23H19Cl2NO3. The summed E-state index contributed by atoms with van der Waals surface area (Å²) in [7, 11) is 0. The molecule has 0 atom stereocenters. The van der Waals surface area contributed by atoms with E-state index < -0.39 is 0 Å². The van der Waals surface area contributed by atoms with E-state index in [4.69, 9.17) is 37.1 Å². The molecule has 0 radical (unpaired) electrons. The normalized spacial score (nSPS) is 11.0. The van der Waals surface area contributed by atoms with Gasteiger partial charge in [0.05, 0.1) is 6.61 Å². The molecule has 1 aromatic heterocycles. The van der Waals surface area contributed by atoms with Crippen molar-refractivity contribution in [2.45, 2.75) is 13.3 Å². The van der Waals surface area contributed by atoms with Crippen LogP contribution in [0.4, 0.5) is 0 Å². The van der Waals surface area contributed by atoms with Gasteiger partial charge in [0.25, 0.3) is 0 Å². The molecule has 0 saturated heterocycles. The lowest BCUT2D eigenvalue weighted by molar-refractivity contribution is 0.318. The van der Waals surface area contributed by atoms with Crippen molar-refractivity contribution in [1.29, 1.82) is 0 Å². The third-order valence-electron chi connectivity index (χ3n) is 4.38. The lowest BCUT2D eigenvalue weighted by Crippen LogP contribution is -1.98. The van der Waals surface area contributed by atoms with Crippen LogP contribution in [-0.2, 0) is 0 Å². The molecule has 0 unspecified atom stereocenters. The number of ether oxygens (including phenoxy) is 2. The first-order valence-electron chi connectivity index (χ1n) is 9.26.